The lowest BCUT2D eigenvalue weighted by molar-refractivity contribution is -0.140. The molecule has 1 aliphatic rings. The summed E-state index contributed by atoms with van der Waals surface area (Å²) in [6.45, 7) is 7.72. The first-order chi connectivity index (χ1) is 16.5. The number of hydrogen-bond donors (Lipinski definition) is 1. The van der Waals surface area contributed by atoms with Crippen LogP contribution in [0, 0.1) is 0 Å². The van der Waals surface area contributed by atoms with Crippen LogP contribution in [-0.4, -0.2) is 57.8 Å². The minimum Gasteiger partial charge on any atom is -0.507 e. The molecule has 1 N–H and O–H groups in total. The molecule has 6 nitrogen and oxygen atoms in total. The van der Waals surface area contributed by atoms with E-state index in [0.717, 1.165) is 51.7 Å². The quantitative estimate of drug-likeness (QED) is 0.247. The number of carbonyl (C=O) groups is 2. The third-order valence-electron chi connectivity index (χ3n) is 6.15. The van der Waals surface area contributed by atoms with Gasteiger partial charge >= 0.3 is 0 Å². The minimum atomic E-state index is -0.725. The number of ketones is 1. The molecule has 34 heavy (non-hydrogen) atoms. The van der Waals surface area contributed by atoms with Crippen LogP contribution in [0.1, 0.15) is 63.3 Å². The molecule has 1 aromatic heterocycles. The van der Waals surface area contributed by atoms with E-state index in [1.165, 1.54) is 0 Å². The third kappa shape index (κ3) is 6.24. The number of Topliss-reactive ketones (excluding diaryl/α,β-unsaturated/α-hetero) is 1. The molecule has 0 aliphatic carbocycles. The summed E-state index contributed by atoms with van der Waals surface area (Å²) < 4.78 is 0. The van der Waals surface area contributed by atoms with Crippen molar-refractivity contribution in [2.24, 2.45) is 0 Å². The number of nitrogens with zero attached hydrogens (tertiary/aromatic N) is 3. The second-order valence-electron chi connectivity index (χ2n) is 8.66. The van der Waals surface area contributed by atoms with Crippen molar-refractivity contribution >= 4 is 29.1 Å². The van der Waals surface area contributed by atoms with Gasteiger partial charge in [-0.2, -0.15) is 0 Å². The highest BCUT2D eigenvalue weighted by molar-refractivity contribution is 6.46. The van der Waals surface area contributed by atoms with Crippen LogP contribution in [-0.2, 0) is 9.59 Å². The van der Waals surface area contributed by atoms with Crippen LogP contribution < -0.4 is 0 Å². The van der Waals surface area contributed by atoms with Gasteiger partial charge in [0.2, 0.25) is 0 Å². The molecule has 2 heterocycles. The van der Waals surface area contributed by atoms with Gasteiger partial charge in [0.25, 0.3) is 11.7 Å². The molecular formula is C27H34ClN3O3. The Hall–Kier alpha value is -2.70. The number of carbonyl (C=O) groups excluding carboxylic acids is 2. The zero-order valence-corrected chi connectivity index (χ0v) is 20.8. The molecule has 1 amide bonds. The maximum Gasteiger partial charge on any atom is 0.295 e. The van der Waals surface area contributed by atoms with E-state index in [1.807, 2.05) is 6.07 Å². The number of aliphatic hydroxyl groups excluding tert-OH is 1. The molecule has 0 bridgehead atoms. The Morgan fingerprint density at radius 3 is 2.24 bits per heavy atom. The number of hydrogen-bond acceptors (Lipinski definition) is 5. The largest absolute Gasteiger partial charge is 0.507 e. The van der Waals surface area contributed by atoms with Gasteiger partial charge in [-0.15, -0.1) is 0 Å². The van der Waals surface area contributed by atoms with Gasteiger partial charge < -0.3 is 14.9 Å². The highest BCUT2D eigenvalue weighted by Gasteiger charge is 2.46. The monoisotopic (exact) mass is 483 g/mol. The fraction of sp³-hybridized carbons (Fsp3) is 0.444. The lowest BCUT2D eigenvalue weighted by atomic mass is 9.98. The molecule has 3 rings (SSSR count). The van der Waals surface area contributed by atoms with Crippen molar-refractivity contribution in [3.8, 4) is 0 Å². The predicted molar refractivity (Wildman–Crippen MR) is 136 cm³/mol. The molecular weight excluding hydrogens is 450 g/mol. The number of benzene rings is 1. The molecule has 1 atom stereocenters. The van der Waals surface area contributed by atoms with Crippen LogP contribution in [0.5, 0.6) is 0 Å². The van der Waals surface area contributed by atoms with Gasteiger partial charge in [-0.05, 0) is 75.3 Å². The van der Waals surface area contributed by atoms with Crippen LogP contribution in [0.2, 0.25) is 5.02 Å². The normalized spacial score (nSPS) is 17.6. The zero-order valence-electron chi connectivity index (χ0n) is 20.0. The minimum absolute atomic E-state index is 0.0693. The number of rotatable bonds is 12. The summed E-state index contributed by atoms with van der Waals surface area (Å²) in [6.07, 6.45) is 6.94. The summed E-state index contributed by atoms with van der Waals surface area (Å²) in [5, 5.41) is 11.6. The summed E-state index contributed by atoms with van der Waals surface area (Å²) >= 11 is 5.98. The third-order valence-corrected chi connectivity index (χ3v) is 6.41. The first-order valence-corrected chi connectivity index (χ1v) is 12.5. The van der Waals surface area contributed by atoms with Gasteiger partial charge in [-0.25, -0.2) is 0 Å². The fourth-order valence-corrected chi connectivity index (χ4v) is 4.41. The Bertz CT molecular complexity index is 984. The Balaban J connectivity index is 1.87. The van der Waals surface area contributed by atoms with Gasteiger partial charge in [-0.3, -0.25) is 14.6 Å². The summed E-state index contributed by atoms with van der Waals surface area (Å²) in [4.78, 5) is 34.6. The lowest BCUT2D eigenvalue weighted by Gasteiger charge is -2.27. The van der Waals surface area contributed by atoms with E-state index in [2.05, 4.69) is 23.7 Å². The van der Waals surface area contributed by atoms with Gasteiger partial charge in [0, 0.05) is 23.3 Å². The van der Waals surface area contributed by atoms with Crippen molar-refractivity contribution in [3.63, 3.8) is 0 Å². The maximum absolute atomic E-state index is 13.1. The van der Waals surface area contributed by atoms with Crippen molar-refractivity contribution in [2.45, 2.75) is 52.0 Å². The van der Waals surface area contributed by atoms with E-state index < -0.39 is 17.7 Å². The van der Waals surface area contributed by atoms with Crippen molar-refractivity contribution in [2.75, 3.05) is 26.2 Å². The molecule has 1 aliphatic heterocycles. The summed E-state index contributed by atoms with van der Waals surface area (Å²) in [5.41, 5.74) is 1.07. The first-order valence-electron chi connectivity index (χ1n) is 12.2. The SMILES string of the molecule is CCCCN(CCCC)CCCN1C(=O)C(=O)C(=C(O)c2ccc(Cl)cc2)[C@@H]1c1ccccn1. The van der Waals surface area contributed by atoms with Gasteiger partial charge in [0.15, 0.2) is 0 Å². The number of pyridine rings is 1. The van der Waals surface area contributed by atoms with Crippen LogP contribution in [0.15, 0.2) is 54.2 Å². The Morgan fingerprint density at radius 1 is 1.00 bits per heavy atom. The number of halogens is 1. The summed E-state index contributed by atoms with van der Waals surface area (Å²) in [6, 6.07) is 11.2. The van der Waals surface area contributed by atoms with E-state index in [-0.39, 0.29) is 11.3 Å². The zero-order chi connectivity index (χ0) is 24.5. The van der Waals surface area contributed by atoms with Crippen molar-refractivity contribution in [1.82, 2.24) is 14.8 Å². The topological polar surface area (TPSA) is 73.7 Å². The number of amides is 1. The number of aliphatic hydroxyl groups is 1. The number of unbranched alkanes of at least 4 members (excludes halogenated alkanes) is 2. The van der Waals surface area contributed by atoms with Gasteiger partial charge in [0.05, 0.1) is 11.3 Å². The second-order valence-corrected chi connectivity index (χ2v) is 9.09. The summed E-state index contributed by atoms with van der Waals surface area (Å²) in [7, 11) is 0. The summed E-state index contributed by atoms with van der Waals surface area (Å²) in [5.74, 6) is -1.49. The lowest BCUT2D eigenvalue weighted by Crippen LogP contribution is -2.34. The van der Waals surface area contributed by atoms with E-state index in [4.69, 9.17) is 11.6 Å². The molecule has 1 aromatic carbocycles. The van der Waals surface area contributed by atoms with Crippen molar-refractivity contribution in [1.29, 1.82) is 0 Å². The average Bonchev–Trinajstić information content (AvgIpc) is 3.11. The van der Waals surface area contributed by atoms with Crippen LogP contribution >= 0.6 is 11.6 Å². The molecule has 0 saturated carbocycles. The molecule has 1 saturated heterocycles. The Kier molecular flexibility index (Phi) is 9.66. The highest BCUT2D eigenvalue weighted by Crippen LogP contribution is 2.38. The molecule has 1 fully saturated rings. The molecule has 0 unspecified atom stereocenters. The molecule has 7 heteroatoms. The van der Waals surface area contributed by atoms with Crippen LogP contribution in [0.25, 0.3) is 5.76 Å². The fourth-order valence-electron chi connectivity index (χ4n) is 4.28. The van der Waals surface area contributed by atoms with Gasteiger partial charge in [0.1, 0.15) is 11.8 Å². The average molecular weight is 484 g/mol. The van der Waals surface area contributed by atoms with Gasteiger partial charge in [-0.1, -0.05) is 44.4 Å². The smallest absolute Gasteiger partial charge is 0.295 e. The molecule has 0 spiro atoms. The Morgan fingerprint density at radius 2 is 1.65 bits per heavy atom. The predicted octanol–water partition coefficient (Wildman–Crippen LogP) is 5.45. The highest BCUT2D eigenvalue weighted by atomic mass is 35.5. The van der Waals surface area contributed by atoms with E-state index in [1.54, 1.807) is 47.5 Å². The van der Waals surface area contributed by atoms with E-state index >= 15 is 0 Å². The molecule has 182 valence electrons. The van der Waals surface area contributed by atoms with E-state index in [9.17, 15) is 14.7 Å². The number of aromatic nitrogens is 1. The molecule has 2 aromatic rings. The van der Waals surface area contributed by atoms with Crippen LogP contribution in [0.3, 0.4) is 0 Å². The molecule has 0 radical (unpaired) electrons. The first kappa shape index (κ1) is 25.9. The second kappa shape index (κ2) is 12.7. The van der Waals surface area contributed by atoms with Crippen molar-refractivity contribution in [3.05, 3.63) is 70.5 Å². The number of likely N-dealkylation sites (tertiary alicyclic amines) is 1. The van der Waals surface area contributed by atoms with Crippen LogP contribution in [0.4, 0.5) is 0 Å². The standard InChI is InChI=1S/C27H34ClN3O3/c1-3-5-16-30(17-6-4-2)18-9-19-31-24(22-10-7-8-15-29-22)23(26(33)27(31)34)25(32)20-11-13-21(28)14-12-20/h7-8,10-15,24,32H,3-6,9,16-19H2,1-2H3/t24-/m0/s1. The Labute approximate surface area is 207 Å². The maximum atomic E-state index is 13.1. The van der Waals surface area contributed by atoms with E-state index in [0.29, 0.717) is 22.8 Å². The van der Waals surface area contributed by atoms with Crippen molar-refractivity contribution < 1.29 is 14.7 Å².